The average molecular weight is 331 g/mol. The van der Waals surface area contributed by atoms with Crippen LogP contribution in [0.25, 0.3) is 0 Å². The topological polar surface area (TPSA) is 41.1 Å². The summed E-state index contributed by atoms with van der Waals surface area (Å²) in [6.45, 7) is 6.64. The van der Waals surface area contributed by atoms with E-state index < -0.39 is 6.04 Å². The molecule has 106 valence electrons. The lowest BCUT2D eigenvalue weighted by Gasteiger charge is -2.16. The summed E-state index contributed by atoms with van der Waals surface area (Å²) in [5, 5.41) is 5.83. The van der Waals surface area contributed by atoms with E-state index in [0.29, 0.717) is 22.6 Å². The molecule has 19 heavy (non-hydrogen) atoms. The first-order valence-corrected chi connectivity index (χ1v) is 7.18. The first-order chi connectivity index (χ1) is 8.90. The smallest absolute Gasteiger partial charge is 0.242 e. The number of carbonyl (C=O) groups excluding carboxylic acids is 1. The van der Waals surface area contributed by atoms with Gasteiger partial charge in [0.1, 0.15) is 11.9 Å². The number of benzene rings is 1. The number of nitrogens with one attached hydrogen (secondary N) is 2. The molecule has 0 aliphatic heterocycles. The molecule has 0 heterocycles. The quantitative estimate of drug-likeness (QED) is 0.837. The fourth-order valence-electron chi connectivity index (χ4n) is 1.54. The highest BCUT2D eigenvalue weighted by Gasteiger charge is 2.12. The molecule has 0 spiro atoms. The van der Waals surface area contributed by atoms with E-state index in [2.05, 4.69) is 40.4 Å². The molecule has 0 fully saturated rings. The van der Waals surface area contributed by atoms with Crippen LogP contribution >= 0.6 is 15.9 Å². The second-order valence-electron chi connectivity index (χ2n) is 4.97. The zero-order valence-electron chi connectivity index (χ0n) is 11.5. The van der Waals surface area contributed by atoms with Gasteiger partial charge in [0.2, 0.25) is 5.91 Å². The molecule has 0 aliphatic rings. The third-order valence-corrected chi connectivity index (χ3v) is 3.36. The first-order valence-electron chi connectivity index (χ1n) is 6.39. The first kappa shape index (κ1) is 16.0. The van der Waals surface area contributed by atoms with Crippen LogP contribution in [-0.2, 0) is 4.79 Å². The summed E-state index contributed by atoms with van der Waals surface area (Å²) < 4.78 is 13.7. The van der Waals surface area contributed by atoms with Gasteiger partial charge in [-0.25, -0.2) is 4.39 Å². The van der Waals surface area contributed by atoms with Crippen molar-refractivity contribution in [2.75, 3.05) is 11.9 Å². The van der Waals surface area contributed by atoms with Crippen molar-refractivity contribution in [2.24, 2.45) is 5.92 Å². The Morgan fingerprint density at radius 1 is 1.37 bits per heavy atom. The molecule has 0 radical (unpaired) electrons. The zero-order chi connectivity index (χ0) is 14.4. The van der Waals surface area contributed by atoms with Crippen LogP contribution in [0.2, 0.25) is 0 Å². The number of hydrogen-bond donors (Lipinski definition) is 2. The maximum atomic E-state index is 13.3. The number of rotatable bonds is 6. The van der Waals surface area contributed by atoms with Gasteiger partial charge in [-0.2, -0.15) is 0 Å². The van der Waals surface area contributed by atoms with Crippen LogP contribution in [0, 0.1) is 11.7 Å². The van der Waals surface area contributed by atoms with Crippen LogP contribution in [0.3, 0.4) is 0 Å². The number of halogens is 2. The SMILES string of the molecule is CC(C)CCNC(=O)C(C)Nc1ccc(Br)c(F)c1. The fraction of sp³-hybridized carbons (Fsp3) is 0.500. The Balaban J connectivity index is 2.47. The van der Waals surface area contributed by atoms with Crippen LogP contribution in [-0.4, -0.2) is 18.5 Å². The molecule has 3 nitrogen and oxygen atoms in total. The summed E-state index contributed by atoms with van der Waals surface area (Å²) in [6, 6.07) is 4.31. The summed E-state index contributed by atoms with van der Waals surface area (Å²) in [4.78, 5) is 11.8. The largest absolute Gasteiger partial charge is 0.374 e. The summed E-state index contributed by atoms with van der Waals surface area (Å²) in [6.07, 6.45) is 0.950. The van der Waals surface area contributed by atoms with E-state index in [1.54, 1.807) is 19.1 Å². The van der Waals surface area contributed by atoms with Crippen LogP contribution in [0.1, 0.15) is 27.2 Å². The van der Waals surface area contributed by atoms with E-state index in [-0.39, 0.29) is 11.7 Å². The number of carbonyl (C=O) groups is 1. The molecular formula is C14H20BrFN2O. The third-order valence-electron chi connectivity index (χ3n) is 2.72. The van der Waals surface area contributed by atoms with E-state index in [1.807, 2.05) is 0 Å². The molecule has 1 aromatic rings. The van der Waals surface area contributed by atoms with Gasteiger partial charge in [-0.15, -0.1) is 0 Å². The molecular weight excluding hydrogens is 311 g/mol. The van der Waals surface area contributed by atoms with Gasteiger partial charge >= 0.3 is 0 Å². The van der Waals surface area contributed by atoms with Gasteiger partial charge in [0.15, 0.2) is 0 Å². The van der Waals surface area contributed by atoms with Gasteiger partial charge in [-0.05, 0) is 53.4 Å². The van der Waals surface area contributed by atoms with Crippen molar-refractivity contribution in [3.63, 3.8) is 0 Å². The normalized spacial score (nSPS) is 12.3. The molecule has 0 aromatic heterocycles. The molecule has 1 rings (SSSR count). The van der Waals surface area contributed by atoms with Crippen LogP contribution in [0.15, 0.2) is 22.7 Å². The summed E-state index contributed by atoms with van der Waals surface area (Å²) >= 11 is 3.09. The fourth-order valence-corrected chi connectivity index (χ4v) is 1.79. The highest BCUT2D eigenvalue weighted by molar-refractivity contribution is 9.10. The van der Waals surface area contributed by atoms with Gasteiger partial charge < -0.3 is 10.6 Å². The molecule has 1 atom stereocenters. The van der Waals surface area contributed by atoms with Crippen molar-refractivity contribution >= 4 is 27.5 Å². The summed E-state index contributed by atoms with van der Waals surface area (Å²) in [5.41, 5.74) is 0.590. The average Bonchev–Trinajstić information content (AvgIpc) is 2.33. The van der Waals surface area contributed by atoms with Crippen LogP contribution in [0.4, 0.5) is 10.1 Å². The van der Waals surface area contributed by atoms with Crippen molar-refractivity contribution in [1.82, 2.24) is 5.32 Å². The van der Waals surface area contributed by atoms with Gasteiger partial charge in [0, 0.05) is 12.2 Å². The second-order valence-corrected chi connectivity index (χ2v) is 5.82. The minimum Gasteiger partial charge on any atom is -0.374 e. The lowest BCUT2D eigenvalue weighted by molar-refractivity contribution is -0.121. The highest BCUT2D eigenvalue weighted by Crippen LogP contribution is 2.19. The minimum atomic E-state index is -0.396. The maximum absolute atomic E-state index is 13.3. The Morgan fingerprint density at radius 2 is 2.05 bits per heavy atom. The lowest BCUT2D eigenvalue weighted by Crippen LogP contribution is -2.38. The molecule has 0 saturated heterocycles. The van der Waals surface area contributed by atoms with Crippen molar-refractivity contribution < 1.29 is 9.18 Å². The van der Waals surface area contributed by atoms with Crippen molar-refractivity contribution in [3.05, 3.63) is 28.5 Å². The Morgan fingerprint density at radius 3 is 2.63 bits per heavy atom. The van der Waals surface area contributed by atoms with Crippen LogP contribution < -0.4 is 10.6 Å². The highest BCUT2D eigenvalue weighted by atomic mass is 79.9. The predicted octanol–water partition coefficient (Wildman–Crippen LogP) is 3.55. The Bertz CT molecular complexity index is 437. The van der Waals surface area contributed by atoms with E-state index in [0.717, 1.165) is 6.42 Å². The molecule has 5 heteroatoms. The lowest BCUT2D eigenvalue weighted by atomic mass is 10.1. The molecule has 0 bridgehead atoms. The monoisotopic (exact) mass is 330 g/mol. The number of amides is 1. The molecule has 0 saturated carbocycles. The Kier molecular flexibility index (Phi) is 6.28. The maximum Gasteiger partial charge on any atom is 0.242 e. The third kappa shape index (κ3) is 5.59. The summed E-state index contributed by atoms with van der Waals surface area (Å²) in [7, 11) is 0. The molecule has 1 aromatic carbocycles. The van der Waals surface area contributed by atoms with Crippen molar-refractivity contribution in [1.29, 1.82) is 0 Å². The van der Waals surface area contributed by atoms with Gasteiger partial charge in [0.05, 0.1) is 4.47 Å². The zero-order valence-corrected chi connectivity index (χ0v) is 13.1. The number of hydrogen-bond acceptors (Lipinski definition) is 2. The summed E-state index contributed by atoms with van der Waals surface area (Å²) in [5.74, 6) is 0.130. The number of anilines is 1. The van der Waals surface area contributed by atoms with Gasteiger partial charge in [-0.3, -0.25) is 4.79 Å². The van der Waals surface area contributed by atoms with E-state index in [1.165, 1.54) is 6.07 Å². The predicted molar refractivity (Wildman–Crippen MR) is 79.6 cm³/mol. The van der Waals surface area contributed by atoms with Crippen LogP contribution in [0.5, 0.6) is 0 Å². The van der Waals surface area contributed by atoms with E-state index in [4.69, 9.17) is 0 Å². The van der Waals surface area contributed by atoms with Crippen molar-refractivity contribution in [3.8, 4) is 0 Å². The van der Waals surface area contributed by atoms with E-state index >= 15 is 0 Å². The molecule has 2 N–H and O–H groups in total. The molecule has 0 aliphatic carbocycles. The Hall–Kier alpha value is -1.10. The van der Waals surface area contributed by atoms with E-state index in [9.17, 15) is 9.18 Å². The minimum absolute atomic E-state index is 0.0797. The second kappa shape index (κ2) is 7.48. The standard InChI is InChI=1S/C14H20BrFN2O/c1-9(2)6-7-17-14(19)10(3)18-11-4-5-12(15)13(16)8-11/h4-5,8-10,18H,6-7H2,1-3H3,(H,17,19). The van der Waals surface area contributed by atoms with Gasteiger partial charge in [0.25, 0.3) is 0 Å². The van der Waals surface area contributed by atoms with Crippen molar-refractivity contribution in [2.45, 2.75) is 33.2 Å². The molecule has 1 unspecified atom stereocenters. The van der Waals surface area contributed by atoms with Gasteiger partial charge in [-0.1, -0.05) is 13.8 Å². The Labute approximate surface area is 122 Å². The molecule has 1 amide bonds.